The van der Waals surface area contributed by atoms with Crippen molar-refractivity contribution in [2.75, 3.05) is 19.6 Å². The number of carbonyl (C=O) groups is 2. The Morgan fingerprint density at radius 1 is 1.04 bits per heavy atom. The Kier molecular flexibility index (Phi) is 6.52. The molecule has 0 radical (unpaired) electrons. The highest BCUT2D eigenvalue weighted by Gasteiger charge is 2.30. The highest BCUT2D eigenvalue weighted by atomic mass is 16.2. The SMILES string of the molecule is O=C(CN1CCC[C@H]1CC1CCCCC1)N[C@H]1CCCCNC1=O. The van der Waals surface area contributed by atoms with E-state index in [0.29, 0.717) is 12.6 Å². The van der Waals surface area contributed by atoms with Crippen molar-refractivity contribution in [2.45, 2.75) is 82.7 Å². The number of nitrogens with zero attached hydrogens (tertiary/aromatic N) is 1. The standard InChI is InChI=1S/C19H33N3O2/c23-18(21-17-10-4-5-11-20-19(17)24)14-22-12-6-9-16(22)13-15-7-2-1-3-8-15/h15-17H,1-14H2,(H,20,24)(H,21,23)/t16-,17-/m0/s1. The molecule has 0 aromatic heterocycles. The van der Waals surface area contributed by atoms with Crippen molar-refractivity contribution in [2.24, 2.45) is 5.92 Å². The van der Waals surface area contributed by atoms with E-state index in [-0.39, 0.29) is 17.9 Å². The van der Waals surface area contributed by atoms with E-state index in [0.717, 1.165) is 38.3 Å². The van der Waals surface area contributed by atoms with Gasteiger partial charge in [0.1, 0.15) is 6.04 Å². The molecule has 5 heteroatoms. The molecule has 2 aliphatic heterocycles. The Morgan fingerprint density at radius 3 is 2.67 bits per heavy atom. The normalized spacial score (nSPS) is 29.9. The summed E-state index contributed by atoms with van der Waals surface area (Å²) in [7, 11) is 0. The predicted octanol–water partition coefficient (Wildman–Crippen LogP) is 2.21. The minimum absolute atomic E-state index is 0.0129. The van der Waals surface area contributed by atoms with Crippen molar-refractivity contribution in [1.29, 1.82) is 0 Å². The first-order chi connectivity index (χ1) is 11.7. The zero-order valence-electron chi connectivity index (χ0n) is 14.9. The second-order valence-corrected chi connectivity index (χ2v) is 7.91. The predicted molar refractivity (Wildman–Crippen MR) is 94.6 cm³/mol. The number of nitrogens with one attached hydrogen (secondary N) is 2. The zero-order valence-corrected chi connectivity index (χ0v) is 14.9. The summed E-state index contributed by atoms with van der Waals surface area (Å²) in [6.07, 6.45) is 13.4. The fourth-order valence-electron chi connectivity index (χ4n) is 4.68. The molecule has 0 unspecified atom stereocenters. The Balaban J connectivity index is 1.46. The number of hydrogen-bond acceptors (Lipinski definition) is 3. The van der Waals surface area contributed by atoms with Crippen LogP contribution in [0.5, 0.6) is 0 Å². The van der Waals surface area contributed by atoms with E-state index in [2.05, 4.69) is 15.5 Å². The maximum Gasteiger partial charge on any atom is 0.242 e. The molecule has 2 atom stereocenters. The largest absolute Gasteiger partial charge is 0.354 e. The van der Waals surface area contributed by atoms with Gasteiger partial charge >= 0.3 is 0 Å². The molecule has 136 valence electrons. The van der Waals surface area contributed by atoms with Gasteiger partial charge in [-0.15, -0.1) is 0 Å². The van der Waals surface area contributed by atoms with Crippen molar-refractivity contribution in [3.63, 3.8) is 0 Å². The van der Waals surface area contributed by atoms with Crippen molar-refractivity contribution in [3.05, 3.63) is 0 Å². The van der Waals surface area contributed by atoms with Gasteiger partial charge in [0.2, 0.25) is 11.8 Å². The maximum atomic E-state index is 12.4. The van der Waals surface area contributed by atoms with Gasteiger partial charge in [-0.2, -0.15) is 0 Å². The molecule has 2 amide bonds. The van der Waals surface area contributed by atoms with Crippen molar-refractivity contribution in [3.8, 4) is 0 Å². The average Bonchev–Trinajstić information content (AvgIpc) is 2.90. The molecule has 2 heterocycles. The minimum atomic E-state index is -0.334. The minimum Gasteiger partial charge on any atom is -0.354 e. The van der Waals surface area contributed by atoms with E-state index in [1.165, 1.54) is 51.4 Å². The van der Waals surface area contributed by atoms with E-state index in [9.17, 15) is 9.59 Å². The summed E-state index contributed by atoms with van der Waals surface area (Å²) < 4.78 is 0. The van der Waals surface area contributed by atoms with Crippen LogP contribution in [0.1, 0.15) is 70.6 Å². The smallest absolute Gasteiger partial charge is 0.242 e. The molecule has 2 saturated heterocycles. The van der Waals surface area contributed by atoms with Crippen LogP contribution in [0.2, 0.25) is 0 Å². The third-order valence-electron chi connectivity index (χ3n) is 6.05. The lowest BCUT2D eigenvalue weighted by atomic mass is 9.84. The topological polar surface area (TPSA) is 61.4 Å². The van der Waals surface area contributed by atoms with E-state index in [1.54, 1.807) is 0 Å². The second kappa shape index (κ2) is 8.84. The Morgan fingerprint density at radius 2 is 1.83 bits per heavy atom. The maximum absolute atomic E-state index is 12.4. The molecule has 0 aromatic rings. The third kappa shape index (κ3) is 4.95. The van der Waals surface area contributed by atoms with Crippen LogP contribution in [0.4, 0.5) is 0 Å². The van der Waals surface area contributed by atoms with Crippen LogP contribution in [0.3, 0.4) is 0 Å². The van der Waals surface area contributed by atoms with Crippen LogP contribution in [-0.4, -0.2) is 48.4 Å². The number of hydrogen-bond donors (Lipinski definition) is 2. The van der Waals surface area contributed by atoms with Gasteiger partial charge in [-0.05, 0) is 51.0 Å². The molecule has 0 bridgehead atoms. The average molecular weight is 335 g/mol. The molecular formula is C19H33N3O2. The first-order valence-corrected chi connectivity index (χ1v) is 10.0. The molecule has 0 aromatic carbocycles. The second-order valence-electron chi connectivity index (χ2n) is 7.91. The first kappa shape index (κ1) is 17.7. The van der Waals surface area contributed by atoms with E-state index in [1.807, 2.05) is 0 Å². The Bertz CT molecular complexity index is 434. The van der Waals surface area contributed by atoms with Gasteiger partial charge in [0, 0.05) is 12.6 Å². The summed E-state index contributed by atoms with van der Waals surface area (Å²) in [6, 6.07) is 0.237. The van der Waals surface area contributed by atoms with Gasteiger partial charge in [0.05, 0.1) is 6.54 Å². The van der Waals surface area contributed by atoms with Gasteiger partial charge in [-0.3, -0.25) is 14.5 Å². The molecule has 1 saturated carbocycles. The molecule has 5 nitrogen and oxygen atoms in total. The van der Waals surface area contributed by atoms with Crippen LogP contribution in [0.15, 0.2) is 0 Å². The lowest BCUT2D eigenvalue weighted by molar-refractivity contribution is -0.129. The lowest BCUT2D eigenvalue weighted by Crippen LogP contribution is -2.49. The number of carbonyl (C=O) groups excluding carboxylic acids is 2. The Hall–Kier alpha value is -1.10. The van der Waals surface area contributed by atoms with Gasteiger partial charge < -0.3 is 10.6 Å². The summed E-state index contributed by atoms with van der Waals surface area (Å²) in [5, 5.41) is 5.86. The van der Waals surface area contributed by atoms with Crippen molar-refractivity contribution in [1.82, 2.24) is 15.5 Å². The van der Waals surface area contributed by atoms with E-state index in [4.69, 9.17) is 0 Å². The fraction of sp³-hybridized carbons (Fsp3) is 0.895. The first-order valence-electron chi connectivity index (χ1n) is 10.0. The lowest BCUT2D eigenvalue weighted by Gasteiger charge is -2.30. The number of amides is 2. The van der Waals surface area contributed by atoms with Gasteiger partial charge in [0.25, 0.3) is 0 Å². The summed E-state index contributed by atoms with van der Waals surface area (Å²) in [6.45, 7) is 2.23. The monoisotopic (exact) mass is 335 g/mol. The van der Waals surface area contributed by atoms with Gasteiger partial charge in [0.15, 0.2) is 0 Å². The number of likely N-dealkylation sites (tertiary alicyclic amines) is 1. The highest BCUT2D eigenvalue weighted by Crippen LogP contribution is 2.31. The highest BCUT2D eigenvalue weighted by molar-refractivity contribution is 5.88. The summed E-state index contributed by atoms with van der Waals surface area (Å²) in [5.41, 5.74) is 0. The summed E-state index contributed by atoms with van der Waals surface area (Å²) in [5.74, 6) is 0.869. The molecule has 24 heavy (non-hydrogen) atoms. The van der Waals surface area contributed by atoms with Crippen LogP contribution in [-0.2, 0) is 9.59 Å². The molecule has 0 spiro atoms. The molecular weight excluding hydrogens is 302 g/mol. The Labute approximate surface area is 145 Å². The van der Waals surface area contributed by atoms with Crippen molar-refractivity contribution < 1.29 is 9.59 Å². The van der Waals surface area contributed by atoms with Crippen molar-refractivity contribution >= 4 is 11.8 Å². The molecule has 2 N–H and O–H groups in total. The van der Waals surface area contributed by atoms with Gasteiger partial charge in [-0.25, -0.2) is 0 Å². The van der Waals surface area contributed by atoms with Gasteiger partial charge in [-0.1, -0.05) is 32.1 Å². The molecule has 3 fully saturated rings. The van der Waals surface area contributed by atoms with E-state index < -0.39 is 0 Å². The third-order valence-corrected chi connectivity index (χ3v) is 6.05. The van der Waals surface area contributed by atoms with Crippen LogP contribution in [0.25, 0.3) is 0 Å². The summed E-state index contributed by atoms with van der Waals surface area (Å²) in [4.78, 5) is 26.8. The van der Waals surface area contributed by atoms with Crippen LogP contribution >= 0.6 is 0 Å². The van der Waals surface area contributed by atoms with Crippen LogP contribution < -0.4 is 10.6 Å². The fourth-order valence-corrected chi connectivity index (χ4v) is 4.68. The molecule has 3 rings (SSSR count). The van der Waals surface area contributed by atoms with E-state index >= 15 is 0 Å². The molecule has 1 aliphatic carbocycles. The number of rotatable bonds is 5. The zero-order chi connectivity index (χ0) is 16.8. The molecule has 3 aliphatic rings. The summed E-state index contributed by atoms with van der Waals surface area (Å²) >= 11 is 0. The van der Waals surface area contributed by atoms with Crippen LogP contribution in [0, 0.1) is 5.92 Å². The quantitative estimate of drug-likeness (QED) is 0.810.